The van der Waals surface area contributed by atoms with Crippen LogP contribution in [0.15, 0.2) is 24.3 Å². The van der Waals surface area contributed by atoms with Crippen molar-refractivity contribution in [3.8, 4) is 11.3 Å². The topological polar surface area (TPSA) is 43.8 Å². The summed E-state index contributed by atoms with van der Waals surface area (Å²) in [5.74, 6) is 3.21. The van der Waals surface area contributed by atoms with Crippen LogP contribution in [0.4, 0.5) is 5.82 Å². The first kappa shape index (κ1) is 13.2. The van der Waals surface area contributed by atoms with Gasteiger partial charge in [-0.25, -0.2) is 4.98 Å². The maximum atomic E-state index is 6.39. The maximum Gasteiger partial charge on any atom is 0.131 e. The number of hydrogen-bond donors (Lipinski definition) is 1. The molecule has 0 saturated heterocycles. The number of nitrogens with zero attached hydrogens (tertiary/aromatic N) is 2. The number of nitrogen functional groups attached to an aromatic ring is 1. The van der Waals surface area contributed by atoms with Gasteiger partial charge in [-0.1, -0.05) is 43.7 Å². The fraction of sp³-hybridized carbons (Fsp3) is 0.471. The van der Waals surface area contributed by atoms with E-state index in [2.05, 4.69) is 49.6 Å². The zero-order valence-electron chi connectivity index (χ0n) is 12.6. The Balaban J connectivity index is 2.05. The number of aromatic nitrogens is 2. The Morgan fingerprint density at radius 2 is 1.90 bits per heavy atom. The molecule has 20 heavy (non-hydrogen) atoms. The molecule has 1 aliphatic rings. The fourth-order valence-corrected chi connectivity index (χ4v) is 2.62. The standard InChI is InChI=1S/C17H23N3/c1-11(2)10-20-16(18)15(19-17(20)14-8-9-14)13-6-4-12(3)5-7-13/h4-7,11,14H,8-10,18H2,1-3H3. The molecule has 1 heterocycles. The Hall–Kier alpha value is -1.77. The minimum absolute atomic E-state index is 0.579. The number of rotatable bonds is 4. The van der Waals surface area contributed by atoms with E-state index in [1.165, 1.54) is 24.2 Å². The molecular weight excluding hydrogens is 246 g/mol. The molecule has 2 N–H and O–H groups in total. The minimum atomic E-state index is 0.579. The van der Waals surface area contributed by atoms with Crippen LogP contribution in [-0.4, -0.2) is 9.55 Å². The van der Waals surface area contributed by atoms with Crippen molar-refractivity contribution in [3.63, 3.8) is 0 Å². The average molecular weight is 269 g/mol. The number of benzene rings is 1. The highest BCUT2D eigenvalue weighted by molar-refractivity contribution is 5.71. The van der Waals surface area contributed by atoms with Crippen LogP contribution < -0.4 is 5.73 Å². The van der Waals surface area contributed by atoms with E-state index >= 15 is 0 Å². The first-order valence-electron chi connectivity index (χ1n) is 7.49. The number of nitrogens with two attached hydrogens (primary N) is 1. The lowest BCUT2D eigenvalue weighted by Gasteiger charge is -2.11. The van der Waals surface area contributed by atoms with Gasteiger partial charge in [0, 0.05) is 18.0 Å². The van der Waals surface area contributed by atoms with Crippen molar-refractivity contribution in [2.75, 3.05) is 5.73 Å². The molecule has 1 aromatic heterocycles. The fourth-order valence-electron chi connectivity index (χ4n) is 2.62. The van der Waals surface area contributed by atoms with Crippen molar-refractivity contribution in [1.29, 1.82) is 0 Å². The summed E-state index contributed by atoms with van der Waals surface area (Å²) in [7, 11) is 0. The molecule has 3 nitrogen and oxygen atoms in total. The molecule has 0 aliphatic heterocycles. The van der Waals surface area contributed by atoms with Crippen LogP contribution in [0.25, 0.3) is 11.3 Å². The lowest BCUT2D eigenvalue weighted by molar-refractivity contribution is 0.512. The summed E-state index contributed by atoms with van der Waals surface area (Å²) < 4.78 is 2.23. The average Bonchev–Trinajstić information content (AvgIpc) is 3.19. The van der Waals surface area contributed by atoms with Gasteiger partial charge in [-0.3, -0.25) is 0 Å². The van der Waals surface area contributed by atoms with Crippen LogP contribution >= 0.6 is 0 Å². The van der Waals surface area contributed by atoms with Gasteiger partial charge in [0.05, 0.1) is 0 Å². The number of imidazole rings is 1. The molecule has 3 heteroatoms. The Kier molecular flexibility index (Phi) is 3.28. The highest BCUT2D eigenvalue weighted by Gasteiger charge is 2.31. The summed E-state index contributed by atoms with van der Waals surface area (Å²) >= 11 is 0. The summed E-state index contributed by atoms with van der Waals surface area (Å²) in [6.07, 6.45) is 2.50. The molecule has 0 bridgehead atoms. The summed E-state index contributed by atoms with van der Waals surface area (Å²) in [4.78, 5) is 4.86. The minimum Gasteiger partial charge on any atom is -0.383 e. The number of aryl methyl sites for hydroxylation is 1. The molecule has 0 spiro atoms. The lowest BCUT2D eigenvalue weighted by Crippen LogP contribution is -2.10. The van der Waals surface area contributed by atoms with Gasteiger partial charge in [0.25, 0.3) is 0 Å². The number of hydrogen-bond acceptors (Lipinski definition) is 2. The van der Waals surface area contributed by atoms with Gasteiger partial charge in [0.15, 0.2) is 0 Å². The normalized spacial score (nSPS) is 15.0. The van der Waals surface area contributed by atoms with E-state index in [1.54, 1.807) is 0 Å². The van der Waals surface area contributed by atoms with E-state index in [9.17, 15) is 0 Å². The van der Waals surface area contributed by atoms with Gasteiger partial charge in [0.1, 0.15) is 17.3 Å². The zero-order chi connectivity index (χ0) is 14.3. The van der Waals surface area contributed by atoms with Crippen molar-refractivity contribution in [2.45, 2.75) is 46.1 Å². The predicted octanol–water partition coefficient (Wildman–Crippen LogP) is 3.97. The van der Waals surface area contributed by atoms with E-state index in [1.807, 2.05) is 0 Å². The van der Waals surface area contributed by atoms with Crippen LogP contribution in [0.1, 0.15) is 44.0 Å². The monoisotopic (exact) mass is 269 g/mol. The van der Waals surface area contributed by atoms with Crippen molar-refractivity contribution >= 4 is 5.82 Å². The van der Waals surface area contributed by atoms with Gasteiger partial charge in [-0.2, -0.15) is 0 Å². The van der Waals surface area contributed by atoms with Crippen LogP contribution in [-0.2, 0) is 6.54 Å². The second kappa shape index (κ2) is 4.97. The molecule has 3 rings (SSSR count). The van der Waals surface area contributed by atoms with Crippen LogP contribution in [0, 0.1) is 12.8 Å². The second-order valence-corrected chi connectivity index (χ2v) is 6.35. The van der Waals surface area contributed by atoms with E-state index < -0.39 is 0 Å². The molecule has 1 aliphatic carbocycles. The molecule has 2 aromatic rings. The van der Waals surface area contributed by atoms with E-state index in [4.69, 9.17) is 10.7 Å². The molecular formula is C17H23N3. The molecule has 0 unspecified atom stereocenters. The summed E-state index contributed by atoms with van der Waals surface area (Å²) in [6, 6.07) is 8.47. The molecule has 1 aromatic carbocycles. The number of anilines is 1. The van der Waals surface area contributed by atoms with Crippen LogP contribution in [0.5, 0.6) is 0 Å². The highest BCUT2D eigenvalue weighted by Crippen LogP contribution is 2.42. The Labute approximate surface area is 120 Å². The quantitative estimate of drug-likeness (QED) is 0.912. The Bertz CT molecular complexity index is 604. The first-order valence-corrected chi connectivity index (χ1v) is 7.49. The van der Waals surface area contributed by atoms with Gasteiger partial charge in [0.2, 0.25) is 0 Å². The van der Waals surface area contributed by atoms with Gasteiger partial charge in [-0.05, 0) is 25.7 Å². The van der Waals surface area contributed by atoms with Crippen LogP contribution in [0.3, 0.4) is 0 Å². The summed E-state index contributed by atoms with van der Waals surface area (Å²) in [5.41, 5.74) is 9.72. The van der Waals surface area contributed by atoms with Gasteiger partial charge in [-0.15, -0.1) is 0 Å². The second-order valence-electron chi connectivity index (χ2n) is 6.35. The molecule has 106 valence electrons. The molecule has 1 saturated carbocycles. The van der Waals surface area contributed by atoms with Crippen molar-refractivity contribution in [1.82, 2.24) is 9.55 Å². The van der Waals surface area contributed by atoms with E-state index in [0.29, 0.717) is 11.8 Å². The van der Waals surface area contributed by atoms with E-state index in [-0.39, 0.29) is 0 Å². The third-order valence-corrected chi connectivity index (χ3v) is 3.85. The smallest absolute Gasteiger partial charge is 0.131 e. The predicted molar refractivity (Wildman–Crippen MR) is 83.6 cm³/mol. The molecule has 0 atom stereocenters. The van der Waals surface area contributed by atoms with Crippen molar-refractivity contribution in [2.24, 2.45) is 5.92 Å². The maximum absolute atomic E-state index is 6.39. The third-order valence-electron chi connectivity index (χ3n) is 3.85. The Morgan fingerprint density at radius 1 is 1.25 bits per heavy atom. The van der Waals surface area contributed by atoms with Crippen molar-refractivity contribution < 1.29 is 0 Å². The third kappa shape index (κ3) is 2.45. The molecule has 0 amide bonds. The lowest BCUT2D eigenvalue weighted by atomic mass is 10.1. The highest BCUT2D eigenvalue weighted by atomic mass is 15.2. The zero-order valence-corrected chi connectivity index (χ0v) is 12.6. The largest absolute Gasteiger partial charge is 0.383 e. The summed E-state index contributed by atoms with van der Waals surface area (Å²) in [5, 5.41) is 0. The molecule has 1 fully saturated rings. The summed E-state index contributed by atoms with van der Waals surface area (Å²) in [6.45, 7) is 7.50. The SMILES string of the molecule is Cc1ccc(-c2nc(C3CC3)n(CC(C)C)c2N)cc1. The van der Waals surface area contributed by atoms with E-state index in [0.717, 1.165) is 23.6 Å². The molecule has 0 radical (unpaired) electrons. The van der Waals surface area contributed by atoms with Crippen LogP contribution in [0.2, 0.25) is 0 Å². The van der Waals surface area contributed by atoms with Crippen molar-refractivity contribution in [3.05, 3.63) is 35.7 Å². The first-order chi connectivity index (χ1) is 9.56. The Morgan fingerprint density at radius 3 is 2.45 bits per heavy atom. The van der Waals surface area contributed by atoms with Gasteiger partial charge >= 0.3 is 0 Å². The van der Waals surface area contributed by atoms with Gasteiger partial charge < -0.3 is 10.3 Å².